The molecule has 2 unspecified atom stereocenters. The smallest absolute Gasteiger partial charge is 0.237 e. The Kier molecular flexibility index (Phi) is 3.27. The van der Waals surface area contributed by atoms with Crippen molar-refractivity contribution in [2.75, 3.05) is 4.90 Å². The van der Waals surface area contributed by atoms with Crippen LogP contribution < -0.4 is 4.90 Å². The molecule has 0 N–H and O–H groups in total. The summed E-state index contributed by atoms with van der Waals surface area (Å²) < 4.78 is 0.739. The summed E-state index contributed by atoms with van der Waals surface area (Å²) in [5.74, 6) is -0.878. The Hall–Kier alpha value is -0.870. The highest BCUT2D eigenvalue weighted by Gasteiger charge is 2.43. The number of hydrogen-bond donors (Lipinski definition) is 0. The molecule has 0 radical (unpaired) electrons. The molecule has 0 spiro atoms. The van der Waals surface area contributed by atoms with Gasteiger partial charge in [-0.2, -0.15) is 0 Å². The highest BCUT2D eigenvalue weighted by Crippen LogP contribution is 2.33. The summed E-state index contributed by atoms with van der Waals surface area (Å²) in [7, 11) is 0. The van der Waals surface area contributed by atoms with E-state index in [1.165, 1.54) is 4.90 Å². The van der Waals surface area contributed by atoms with Gasteiger partial charge in [0.05, 0.1) is 10.7 Å². The molecular formula is C12H11BrClNO2. The fraction of sp³-hybridized carbons (Fsp3) is 0.333. The molecule has 0 bridgehead atoms. The van der Waals surface area contributed by atoms with Crippen LogP contribution in [0.4, 0.5) is 5.69 Å². The molecule has 1 aliphatic heterocycles. The number of carbonyl (C=O) groups is 2. The predicted molar refractivity (Wildman–Crippen MR) is 70.0 cm³/mol. The second-order valence-corrected chi connectivity index (χ2v) is 5.45. The number of hydrogen-bond acceptors (Lipinski definition) is 2. The minimum atomic E-state index is -0.273. The monoisotopic (exact) mass is 315 g/mol. The highest BCUT2D eigenvalue weighted by atomic mass is 79.9. The number of rotatable bonds is 1. The van der Waals surface area contributed by atoms with Crippen LogP contribution in [0.2, 0.25) is 5.02 Å². The molecule has 2 rings (SSSR count). The molecule has 0 saturated carbocycles. The Morgan fingerprint density at radius 3 is 2.18 bits per heavy atom. The SMILES string of the molecule is CC1C(=O)N(c2ccc(Br)c(Cl)c2)C(=O)C1C. The number of halogens is 2. The minimum Gasteiger partial charge on any atom is -0.274 e. The van der Waals surface area contributed by atoms with Crippen LogP contribution in [-0.2, 0) is 9.59 Å². The standard InChI is InChI=1S/C12H11BrClNO2/c1-6-7(2)12(17)15(11(6)16)8-3-4-9(13)10(14)5-8/h3-7H,1-2H3. The molecule has 2 atom stereocenters. The van der Waals surface area contributed by atoms with Crippen LogP contribution >= 0.6 is 27.5 Å². The molecule has 1 heterocycles. The van der Waals surface area contributed by atoms with Gasteiger partial charge in [-0.15, -0.1) is 0 Å². The average Bonchev–Trinajstić information content (AvgIpc) is 2.48. The number of nitrogens with zero attached hydrogens (tertiary/aromatic N) is 1. The van der Waals surface area contributed by atoms with Crippen LogP contribution in [0.1, 0.15) is 13.8 Å². The van der Waals surface area contributed by atoms with E-state index in [-0.39, 0.29) is 23.7 Å². The third-order valence-corrected chi connectivity index (χ3v) is 4.36. The quantitative estimate of drug-likeness (QED) is 0.746. The number of carbonyl (C=O) groups excluding carboxylic acids is 2. The van der Waals surface area contributed by atoms with Gasteiger partial charge in [0.2, 0.25) is 11.8 Å². The van der Waals surface area contributed by atoms with Gasteiger partial charge in [0.1, 0.15) is 0 Å². The molecule has 0 aromatic heterocycles. The first kappa shape index (κ1) is 12.6. The van der Waals surface area contributed by atoms with Crippen LogP contribution in [0.15, 0.2) is 22.7 Å². The second kappa shape index (κ2) is 4.42. The Balaban J connectivity index is 2.43. The lowest BCUT2D eigenvalue weighted by Crippen LogP contribution is -2.30. The Bertz CT molecular complexity index is 483. The number of benzene rings is 1. The van der Waals surface area contributed by atoms with Gasteiger partial charge in [-0.1, -0.05) is 25.4 Å². The third kappa shape index (κ3) is 2.00. The summed E-state index contributed by atoms with van der Waals surface area (Å²) >= 11 is 9.24. The number of amides is 2. The molecule has 0 aliphatic carbocycles. The molecule has 1 aromatic rings. The van der Waals surface area contributed by atoms with Gasteiger partial charge in [0.15, 0.2) is 0 Å². The van der Waals surface area contributed by atoms with E-state index in [0.717, 1.165) is 4.47 Å². The number of imide groups is 1. The zero-order valence-corrected chi connectivity index (χ0v) is 11.7. The zero-order valence-electron chi connectivity index (χ0n) is 9.41. The van der Waals surface area contributed by atoms with Gasteiger partial charge in [-0.3, -0.25) is 14.5 Å². The van der Waals surface area contributed by atoms with E-state index in [1.54, 1.807) is 32.0 Å². The van der Waals surface area contributed by atoms with Crippen molar-refractivity contribution < 1.29 is 9.59 Å². The lowest BCUT2D eigenvalue weighted by molar-refractivity contribution is -0.122. The molecule has 1 aliphatic rings. The van der Waals surface area contributed by atoms with Gasteiger partial charge >= 0.3 is 0 Å². The summed E-state index contributed by atoms with van der Waals surface area (Å²) in [4.78, 5) is 25.2. The van der Waals surface area contributed by atoms with Gasteiger partial charge in [-0.05, 0) is 34.1 Å². The summed E-state index contributed by atoms with van der Waals surface area (Å²) in [5.41, 5.74) is 0.532. The molecule has 17 heavy (non-hydrogen) atoms. The van der Waals surface area contributed by atoms with Crippen LogP contribution in [0.5, 0.6) is 0 Å². The van der Waals surface area contributed by atoms with E-state index >= 15 is 0 Å². The summed E-state index contributed by atoms with van der Waals surface area (Å²) in [5, 5.41) is 0.482. The first-order valence-electron chi connectivity index (χ1n) is 5.26. The van der Waals surface area contributed by atoms with Crippen LogP contribution in [-0.4, -0.2) is 11.8 Å². The second-order valence-electron chi connectivity index (χ2n) is 4.19. The number of anilines is 1. The maximum Gasteiger partial charge on any atom is 0.237 e. The van der Waals surface area contributed by atoms with Crippen LogP contribution in [0.3, 0.4) is 0 Å². The van der Waals surface area contributed by atoms with E-state index in [4.69, 9.17) is 11.6 Å². The van der Waals surface area contributed by atoms with Crippen molar-refractivity contribution in [2.45, 2.75) is 13.8 Å². The summed E-state index contributed by atoms with van der Waals surface area (Å²) in [6.07, 6.45) is 0. The van der Waals surface area contributed by atoms with Gasteiger partial charge in [0, 0.05) is 16.3 Å². The molecule has 2 amide bonds. The predicted octanol–water partition coefficient (Wildman–Crippen LogP) is 3.25. The molecular weight excluding hydrogens is 305 g/mol. The Labute approximate surface area is 113 Å². The molecule has 3 nitrogen and oxygen atoms in total. The minimum absolute atomic E-state index is 0.166. The lowest BCUT2D eigenvalue weighted by atomic mass is 10.00. The summed E-state index contributed by atoms with van der Waals surface area (Å²) in [6, 6.07) is 5.05. The van der Waals surface area contributed by atoms with E-state index in [9.17, 15) is 9.59 Å². The van der Waals surface area contributed by atoms with Crippen molar-refractivity contribution in [1.82, 2.24) is 0 Å². The first-order valence-corrected chi connectivity index (χ1v) is 6.43. The van der Waals surface area contributed by atoms with Crippen molar-refractivity contribution in [2.24, 2.45) is 11.8 Å². The van der Waals surface area contributed by atoms with Crippen molar-refractivity contribution in [3.63, 3.8) is 0 Å². The van der Waals surface area contributed by atoms with Gasteiger partial charge in [-0.25, -0.2) is 0 Å². The van der Waals surface area contributed by atoms with Gasteiger partial charge in [0.25, 0.3) is 0 Å². The van der Waals surface area contributed by atoms with E-state index in [1.807, 2.05) is 0 Å². The lowest BCUT2D eigenvalue weighted by Gasteiger charge is -2.15. The average molecular weight is 317 g/mol. The fourth-order valence-electron chi connectivity index (χ4n) is 1.82. The molecule has 90 valence electrons. The highest BCUT2D eigenvalue weighted by molar-refractivity contribution is 9.10. The van der Waals surface area contributed by atoms with Crippen LogP contribution in [0, 0.1) is 11.8 Å². The molecule has 5 heteroatoms. The Morgan fingerprint density at radius 2 is 1.71 bits per heavy atom. The molecule has 1 fully saturated rings. The summed E-state index contributed by atoms with van der Waals surface area (Å²) in [6.45, 7) is 3.54. The molecule has 1 aromatic carbocycles. The fourth-order valence-corrected chi connectivity index (χ4v) is 2.24. The van der Waals surface area contributed by atoms with Crippen molar-refractivity contribution in [3.05, 3.63) is 27.7 Å². The van der Waals surface area contributed by atoms with E-state index in [0.29, 0.717) is 10.7 Å². The Morgan fingerprint density at radius 1 is 1.18 bits per heavy atom. The normalized spacial score (nSPS) is 24.6. The maximum atomic E-state index is 12.0. The third-order valence-electron chi connectivity index (χ3n) is 3.13. The topological polar surface area (TPSA) is 37.4 Å². The zero-order chi connectivity index (χ0) is 12.7. The van der Waals surface area contributed by atoms with Crippen molar-refractivity contribution in [1.29, 1.82) is 0 Å². The van der Waals surface area contributed by atoms with E-state index in [2.05, 4.69) is 15.9 Å². The first-order chi connectivity index (χ1) is 7.93. The van der Waals surface area contributed by atoms with Crippen LogP contribution in [0.25, 0.3) is 0 Å². The van der Waals surface area contributed by atoms with E-state index < -0.39 is 0 Å². The largest absolute Gasteiger partial charge is 0.274 e. The maximum absolute atomic E-state index is 12.0. The van der Waals surface area contributed by atoms with Crippen molar-refractivity contribution >= 4 is 45.0 Å². The molecule has 1 saturated heterocycles. The van der Waals surface area contributed by atoms with Gasteiger partial charge < -0.3 is 0 Å². The van der Waals surface area contributed by atoms with Crippen molar-refractivity contribution in [3.8, 4) is 0 Å².